The molecule has 0 aromatic carbocycles. The number of aliphatic hydroxyl groups is 1. The van der Waals surface area contributed by atoms with Crippen LogP contribution in [0.2, 0.25) is 0 Å². The quantitative estimate of drug-likeness (QED) is 0.308. The average molecular weight is 375 g/mol. The molecule has 0 bridgehead atoms. The third-order valence-corrected chi connectivity index (χ3v) is 4.39. The zero-order valence-corrected chi connectivity index (χ0v) is 16.8. The van der Waals surface area contributed by atoms with Gasteiger partial charge in [-0.15, -0.1) is 0 Å². The lowest BCUT2D eigenvalue weighted by atomic mass is 10.0. The maximum atomic E-state index is 12.2. The van der Waals surface area contributed by atoms with Gasteiger partial charge >= 0.3 is 5.97 Å². The Morgan fingerprint density at radius 1 is 1.04 bits per heavy atom. The van der Waals surface area contributed by atoms with Crippen LogP contribution in [0, 0.1) is 11.8 Å². The molecule has 5 heteroatoms. The number of nitrogens with zero attached hydrogens (tertiary/aromatic N) is 2. The molecule has 0 saturated carbocycles. The van der Waals surface area contributed by atoms with Crippen LogP contribution >= 0.6 is 0 Å². The molecule has 0 saturated heterocycles. The van der Waals surface area contributed by atoms with Gasteiger partial charge in [0.1, 0.15) is 6.10 Å². The first kappa shape index (κ1) is 23.1. The smallest absolute Gasteiger partial charge is 0.359 e. The first-order valence-electron chi connectivity index (χ1n) is 10.3. The Morgan fingerprint density at radius 3 is 2.30 bits per heavy atom. The van der Waals surface area contributed by atoms with Gasteiger partial charge in [-0.05, 0) is 19.3 Å². The SMILES string of the molecule is CCCCCCCCCCCC(C#CC(O)CC)OC(=O)c1cnccn1. The van der Waals surface area contributed by atoms with Crippen molar-refractivity contribution in [3.05, 3.63) is 24.3 Å². The van der Waals surface area contributed by atoms with E-state index in [-0.39, 0.29) is 5.69 Å². The molecular weight excluding hydrogens is 340 g/mol. The van der Waals surface area contributed by atoms with E-state index < -0.39 is 18.2 Å². The molecule has 2 unspecified atom stereocenters. The molecule has 0 amide bonds. The number of hydrogen-bond donors (Lipinski definition) is 1. The van der Waals surface area contributed by atoms with E-state index in [1.165, 1.54) is 63.5 Å². The second-order valence-electron chi connectivity index (χ2n) is 6.81. The van der Waals surface area contributed by atoms with Crippen LogP contribution in [0.1, 0.15) is 95.0 Å². The molecule has 0 aliphatic carbocycles. The van der Waals surface area contributed by atoms with Crippen molar-refractivity contribution in [2.24, 2.45) is 0 Å². The summed E-state index contributed by atoms with van der Waals surface area (Å²) < 4.78 is 5.48. The van der Waals surface area contributed by atoms with Gasteiger partial charge < -0.3 is 9.84 Å². The molecule has 150 valence electrons. The van der Waals surface area contributed by atoms with Crippen LogP contribution < -0.4 is 0 Å². The zero-order chi connectivity index (χ0) is 19.7. The van der Waals surface area contributed by atoms with Crippen molar-refractivity contribution in [1.82, 2.24) is 9.97 Å². The maximum absolute atomic E-state index is 12.2. The molecule has 1 N–H and O–H groups in total. The van der Waals surface area contributed by atoms with Gasteiger partial charge in [0.25, 0.3) is 0 Å². The molecule has 0 aliphatic rings. The maximum Gasteiger partial charge on any atom is 0.359 e. The molecular formula is C22H34N2O3. The van der Waals surface area contributed by atoms with Gasteiger partial charge in [0.15, 0.2) is 11.8 Å². The molecule has 1 heterocycles. The number of aliphatic hydroxyl groups excluding tert-OH is 1. The number of ether oxygens (including phenoxy) is 1. The second kappa shape index (κ2) is 15.2. The Morgan fingerprint density at radius 2 is 1.70 bits per heavy atom. The molecule has 1 aromatic heterocycles. The van der Waals surface area contributed by atoms with E-state index in [0.29, 0.717) is 12.8 Å². The zero-order valence-electron chi connectivity index (χ0n) is 16.8. The van der Waals surface area contributed by atoms with E-state index in [4.69, 9.17) is 4.74 Å². The lowest BCUT2D eigenvalue weighted by Crippen LogP contribution is -2.18. The van der Waals surface area contributed by atoms with Crippen molar-refractivity contribution in [3.8, 4) is 11.8 Å². The largest absolute Gasteiger partial charge is 0.444 e. The molecule has 0 radical (unpaired) electrons. The Balaban J connectivity index is 2.38. The number of hydrogen-bond acceptors (Lipinski definition) is 5. The molecule has 5 nitrogen and oxygen atoms in total. The third-order valence-electron chi connectivity index (χ3n) is 4.39. The Bertz CT molecular complexity index is 566. The van der Waals surface area contributed by atoms with E-state index in [1.807, 2.05) is 6.92 Å². The van der Waals surface area contributed by atoms with Gasteiger partial charge in [-0.2, -0.15) is 0 Å². The lowest BCUT2D eigenvalue weighted by molar-refractivity contribution is 0.0384. The van der Waals surface area contributed by atoms with E-state index in [9.17, 15) is 9.90 Å². The Kier molecular flexibility index (Phi) is 13.0. The molecule has 0 aliphatic heterocycles. The topological polar surface area (TPSA) is 72.3 Å². The average Bonchev–Trinajstić information content (AvgIpc) is 2.70. The summed E-state index contributed by atoms with van der Waals surface area (Å²) in [4.78, 5) is 20.0. The highest BCUT2D eigenvalue weighted by Gasteiger charge is 2.15. The van der Waals surface area contributed by atoms with E-state index in [2.05, 4.69) is 28.7 Å². The van der Waals surface area contributed by atoms with Gasteiger partial charge in [0.05, 0.1) is 6.20 Å². The fourth-order valence-electron chi connectivity index (χ4n) is 2.69. The fourth-order valence-corrected chi connectivity index (χ4v) is 2.69. The van der Waals surface area contributed by atoms with Crippen LogP contribution in [0.4, 0.5) is 0 Å². The van der Waals surface area contributed by atoms with E-state index in [1.54, 1.807) is 0 Å². The first-order valence-corrected chi connectivity index (χ1v) is 10.3. The van der Waals surface area contributed by atoms with Crippen LogP contribution in [-0.4, -0.2) is 33.3 Å². The summed E-state index contributed by atoms with van der Waals surface area (Å²) in [6, 6.07) is 0. The second-order valence-corrected chi connectivity index (χ2v) is 6.81. The standard InChI is InChI=1S/C22H34N2O3/c1-3-5-6-7-8-9-10-11-12-13-20(15-14-19(25)4-2)27-22(26)21-18-23-16-17-24-21/h16-20,25H,3-13H2,1-2H3. The Labute approximate surface area is 164 Å². The molecule has 27 heavy (non-hydrogen) atoms. The summed E-state index contributed by atoms with van der Waals surface area (Å²) in [5.74, 6) is 5.14. The number of carbonyl (C=O) groups is 1. The van der Waals surface area contributed by atoms with Crippen molar-refractivity contribution in [1.29, 1.82) is 0 Å². The fraction of sp³-hybridized carbons (Fsp3) is 0.682. The lowest BCUT2D eigenvalue weighted by Gasteiger charge is -2.12. The summed E-state index contributed by atoms with van der Waals surface area (Å²) >= 11 is 0. The van der Waals surface area contributed by atoms with Crippen LogP contribution in [0.25, 0.3) is 0 Å². The highest BCUT2D eigenvalue weighted by atomic mass is 16.5. The predicted molar refractivity (Wildman–Crippen MR) is 107 cm³/mol. The summed E-state index contributed by atoms with van der Waals surface area (Å²) in [6.45, 7) is 4.09. The predicted octanol–water partition coefficient (Wildman–Crippen LogP) is 4.70. The summed E-state index contributed by atoms with van der Waals surface area (Å²) in [6.07, 6.45) is 15.4. The van der Waals surface area contributed by atoms with Gasteiger partial charge in [-0.3, -0.25) is 4.98 Å². The number of carbonyl (C=O) groups excluding carboxylic acids is 1. The van der Waals surface area contributed by atoms with Crippen molar-refractivity contribution >= 4 is 5.97 Å². The van der Waals surface area contributed by atoms with Gasteiger partial charge in [-0.25, -0.2) is 9.78 Å². The molecule has 0 spiro atoms. The summed E-state index contributed by atoms with van der Waals surface area (Å²) in [5.41, 5.74) is 0.174. The monoisotopic (exact) mass is 374 g/mol. The van der Waals surface area contributed by atoms with Gasteiger partial charge in [-0.1, -0.05) is 77.1 Å². The van der Waals surface area contributed by atoms with Gasteiger partial charge in [0, 0.05) is 12.4 Å². The Hall–Kier alpha value is -1.93. The van der Waals surface area contributed by atoms with Crippen LogP contribution in [0.3, 0.4) is 0 Å². The third kappa shape index (κ3) is 11.4. The molecule has 2 atom stereocenters. The number of aromatic nitrogens is 2. The minimum Gasteiger partial charge on any atom is -0.444 e. The minimum absolute atomic E-state index is 0.174. The molecule has 1 aromatic rings. The van der Waals surface area contributed by atoms with Crippen LogP contribution in [0.15, 0.2) is 18.6 Å². The highest BCUT2D eigenvalue weighted by molar-refractivity contribution is 5.87. The first-order chi connectivity index (χ1) is 13.2. The van der Waals surface area contributed by atoms with Crippen molar-refractivity contribution < 1.29 is 14.6 Å². The number of unbranched alkanes of at least 4 members (excludes halogenated alkanes) is 8. The highest BCUT2D eigenvalue weighted by Crippen LogP contribution is 2.13. The van der Waals surface area contributed by atoms with E-state index in [0.717, 1.165) is 12.8 Å². The van der Waals surface area contributed by atoms with Crippen molar-refractivity contribution in [3.63, 3.8) is 0 Å². The van der Waals surface area contributed by atoms with Crippen LogP contribution in [-0.2, 0) is 4.74 Å². The van der Waals surface area contributed by atoms with E-state index >= 15 is 0 Å². The van der Waals surface area contributed by atoms with Crippen molar-refractivity contribution in [2.75, 3.05) is 0 Å². The summed E-state index contributed by atoms with van der Waals surface area (Å²) in [7, 11) is 0. The van der Waals surface area contributed by atoms with Crippen LogP contribution in [0.5, 0.6) is 0 Å². The van der Waals surface area contributed by atoms with Crippen molar-refractivity contribution in [2.45, 2.75) is 96.7 Å². The normalized spacial score (nSPS) is 12.7. The van der Waals surface area contributed by atoms with Gasteiger partial charge in [0.2, 0.25) is 0 Å². The molecule has 0 fully saturated rings. The number of esters is 1. The minimum atomic E-state index is -0.689. The number of rotatable bonds is 13. The summed E-state index contributed by atoms with van der Waals surface area (Å²) in [5, 5.41) is 9.65. The molecule has 1 rings (SSSR count).